The Balaban J connectivity index is 1.91. The second-order valence-corrected chi connectivity index (χ2v) is 9.56. The van der Waals surface area contributed by atoms with Crippen molar-refractivity contribution in [3.05, 3.63) is 88.5 Å². The predicted octanol–water partition coefficient (Wildman–Crippen LogP) is 4.58. The van der Waals surface area contributed by atoms with Crippen LogP contribution in [0.4, 0.5) is 5.69 Å². The zero-order valence-electron chi connectivity index (χ0n) is 17.8. The number of anilines is 1. The number of ether oxygens (including phenoxy) is 1. The van der Waals surface area contributed by atoms with Crippen LogP contribution in [0.2, 0.25) is 0 Å². The van der Waals surface area contributed by atoms with Crippen molar-refractivity contribution in [2.24, 2.45) is 0 Å². The van der Waals surface area contributed by atoms with Gasteiger partial charge in [-0.15, -0.1) is 0 Å². The van der Waals surface area contributed by atoms with Gasteiger partial charge in [-0.1, -0.05) is 35.9 Å². The van der Waals surface area contributed by atoms with Crippen molar-refractivity contribution in [1.82, 2.24) is 4.31 Å². The van der Waals surface area contributed by atoms with Gasteiger partial charge in [-0.2, -0.15) is 0 Å². The van der Waals surface area contributed by atoms with Crippen LogP contribution in [-0.4, -0.2) is 25.7 Å². The first-order valence-electron chi connectivity index (χ1n) is 9.89. The number of fused-ring (bicyclic) bond motifs is 1. The molecule has 7 heteroatoms. The highest BCUT2D eigenvalue weighted by Gasteiger charge is 2.42. The molecular weight excluding hydrogens is 412 g/mol. The van der Waals surface area contributed by atoms with Gasteiger partial charge in [0.25, 0.3) is 15.9 Å². The number of carbonyl (C=O) groups excluding carboxylic acids is 1. The summed E-state index contributed by atoms with van der Waals surface area (Å²) in [5, 5.41) is 3.30. The number of benzene rings is 3. The molecule has 1 aliphatic heterocycles. The van der Waals surface area contributed by atoms with Crippen LogP contribution < -0.4 is 10.1 Å². The summed E-state index contributed by atoms with van der Waals surface area (Å²) in [6, 6.07) is 17.2. The number of amides is 1. The lowest BCUT2D eigenvalue weighted by molar-refractivity contribution is 0.0821. The zero-order valence-corrected chi connectivity index (χ0v) is 18.7. The maximum Gasteiger partial charge on any atom is 0.271 e. The molecule has 0 aliphatic carbocycles. The van der Waals surface area contributed by atoms with Crippen molar-refractivity contribution in [1.29, 1.82) is 0 Å². The Morgan fingerprint density at radius 3 is 2.16 bits per heavy atom. The molecule has 3 aromatic carbocycles. The van der Waals surface area contributed by atoms with Gasteiger partial charge >= 0.3 is 0 Å². The number of aryl methyl sites for hydroxylation is 3. The fourth-order valence-corrected chi connectivity index (χ4v) is 5.31. The summed E-state index contributed by atoms with van der Waals surface area (Å²) >= 11 is 0. The highest BCUT2D eigenvalue weighted by Crippen LogP contribution is 2.39. The second-order valence-electron chi connectivity index (χ2n) is 7.74. The zero-order chi connectivity index (χ0) is 22.3. The first-order chi connectivity index (χ1) is 14.7. The van der Waals surface area contributed by atoms with Crippen LogP contribution in [0.5, 0.6) is 5.75 Å². The third-order valence-corrected chi connectivity index (χ3v) is 7.20. The molecule has 1 amide bonds. The van der Waals surface area contributed by atoms with Crippen LogP contribution >= 0.6 is 0 Å². The predicted molar refractivity (Wildman–Crippen MR) is 120 cm³/mol. The Morgan fingerprint density at radius 2 is 1.55 bits per heavy atom. The number of nitrogens with one attached hydrogen (secondary N) is 1. The van der Waals surface area contributed by atoms with Gasteiger partial charge in [-0.25, -0.2) is 12.7 Å². The van der Waals surface area contributed by atoms with Gasteiger partial charge in [0.05, 0.1) is 23.3 Å². The molecule has 3 aromatic rings. The first kappa shape index (κ1) is 20.9. The van der Waals surface area contributed by atoms with E-state index in [1.807, 2.05) is 26.8 Å². The highest BCUT2D eigenvalue weighted by atomic mass is 32.2. The molecular formula is C24H24N2O4S. The highest BCUT2D eigenvalue weighted by molar-refractivity contribution is 7.89. The van der Waals surface area contributed by atoms with Gasteiger partial charge in [0, 0.05) is 0 Å². The fraction of sp³-hybridized carbons (Fsp3) is 0.208. The summed E-state index contributed by atoms with van der Waals surface area (Å²) < 4.78 is 33.4. The summed E-state index contributed by atoms with van der Waals surface area (Å²) in [5.41, 5.74) is 4.33. The minimum absolute atomic E-state index is 0.0691. The number of carbonyl (C=O) groups is 1. The third-order valence-electron chi connectivity index (χ3n) is 5.44. The molecule has 1 heterocycles. The number of methoxy groups -OCH3 is 1. The number of hydrogen-bond acceptors (Lipinski definition) is 5. The van der Waals surface area contributed by atoms with Crippen LogP contribution in [0.1, 0.15) is 38.8 Å². The Morgan fingerprint density at radius 1 is 0.903 bits per heavy atom. The van der Waals surface area contributed by atoms with Crippen molar-refractivity contribution in [2.75, 3.05) is 12.4 Å². The lowest BCUT2D eigenvalue weighted by Gasteiger charge is -2.38. The van der Waals surface area contributed by atoms with E-state index in [1.54, 1.807) is 49.6 Å². The molecule has 0 aromatic heterocycles. The van der Waals surface area contributed by atoms with Crippen LogP contribution in [-0.2, 0) is 10.0 Å². The minimum Gasteiger partial charge on any atom is -0.497 e. The maximum absolute atomic E-state index is 13.6. The van der Waals surface area contributed by atoms with Crippen molar-refractivity contribution >= 4 is 21.6 Å². The van der Waals surface area contributed by atoms with Crippen molar-refractivity contribution in [2.45, 2.75) is 31.8 Å². The molecule has 1 N–H and O–H groups in total. The molecule has 0 saturated carbocycles. The van der Waals surface area contributed by atoms with E-state index >= 15 is 0 Å². The summed E-state index contributed by atoms with van der Waals surface area (Å²) in [4.78, 5) is 13.7. The molecule has 4 rings (SSSR count). The average molecular weight is 437 g/mol. The van der Waals surface area contributed by atoms with E-state index < -0.39 is 22.1 Å². The van der Waals surface area contributed by atoms with Crippen LogP contribution in [0, 0.1) is 20.8 Å². The topological polar surface area (TPSA) is 75.7 Å². The van der Waals surface area contributed by atoms with E-state index in [2.05, 4.69) is 5.32 Å². The lowest BCUT2D eigenvalue weighted by Crippen LogP contribution is -2.46. The standard InChI is InChI=1S/C24H24N2O4S/c1-15-5-11-20(12-6-15)31(28,29)26-23(18-7-9-19(30-4)10-8-18)25-22-17(3)13-16(2)14-21(22)24(26)27/h5-14,23,25H,1-4H3. The molecule has 0 spiro atoms. The molecule has 31 heavy (non-hydrogen) atoms. The first-order valence-corrected chi connectivity index (χ1v) is 11.3. The van der Waals surface area contributed by atoms with E-state index in [1.165, 1.54) is 12.1 Å². The van der Waals surface area contributed by atoms with Gasteiger partial charge in [0.1, 0.15) is 11.9 Å². The molecule has 1 unspecified atom stereocenters. The van der Waals surface area contributed by atoms with Gasteiger partial charge in [-0.05, 0) is 67.8 Å². The SMILES string of the molecule is COc1ccc(C2Nc3c(C)cc(C)cc3C(=O)N2S(=O)(=O)c2ccc(C)cc2)cc1. The van der Waals surface area contributed by atoms with Gasteiger partial charge in [-0.3, -0.25) is 4.79 Å². The Labute approximate surface area is 182 Å². The maximum atomic E-state index is 13.6. The molecule has 1 atom stereocenters. The largest absolute Gasteiger partial charge is 0.497 e. The molecule has 160 valence electrons. The lowest BCUT2D eigenvalue weighted by atomic mass is 9.99. The van der Waals surface area contributed by atoms with Gasteiger partial charge < -0.3 is 10.1 Å². The van der Waals surface area contributed by atoms with Crippen molar-refractivity contribution in [3.63, 3.8) is 0 Å². The number of sulfonamides is 1. The molecule has 6 nitrogen and oxygen atoms in total. The Hall–Kier alpha value is -3.32. The molecule has 1 aliphatic rings. The Kier molecular flexibility index (Phi) is 5.23. The van der Waals surface area contributed by atoms with E-state index in [0.717, 1.165) is 21.0 Å². The quantitative estimate of drug-likeness (QED) is 0.648. The molecule has 0 radical (unpaired) electrons. The number of hydrogen-bond donors (Lipinski definition) is 1. The van der Waals surface area contributed by atoms with Crippen molar-refractivity contribution < 1.29 is 17.9 Å². The Bertz CT molecular complexity index is 1250. The van der Waals surface area contributed by atoms with Crippen LogP contribution in [0.25, 0.3) is 0 Å². The molecule has 0 saturated heterocycles. The fourth-order valence-electron chi connectivity index (χ4n) is 3.84. The third kappa shape index (κ3) is 3.65. The summed E-state index contributed by atoms with van der Waals surface area (Å²) in [6.45, 7) is 5.67. The average Bonchev–Trinajstić information content (AvgIpc) is 2.74. The summed E-state index contributed by atoms with van der Waals surface area (Å²) in [7, 11) is -2.56. The van der Waals surface area contributed by atoms with Crippen molar-refractivity contribution in [3.8, 4) is 5.75 Å². The minimum atomic E-state index is -4.12. The van der Waals surface area contributed by atoms with Gasteiger partial charge in [0.15, 0.2) is 0 Å². The number of rotatable bonds is 4. The monoisotopic (exact) mass is 436 g/mol. The van der Waals surface area contributed by atoms with E-state index in [0.29, 0.717) is 22.6 Å². The smallest absolute Gasteiger partial charge is 0.271 e. The summed E-state index contributed by atoms with van der Waals surface area (Å²) in [5.74, 6) is 0.0907. The van der Waals surface area contributed by atoms with E-state index in [9.17, 15) is 13.2 Å². The molecule has 0 bridgehead atoms. The van der Waals surface area contributed by atoms with Crippen LogP contribution in [0.15, 0.2) is 65.6 Å². The van der Waals surface area contributed by atoms with E-state index in [4.69, 9.17) is 4.74 Å². The second kappa shape index (κ2) is 7.74. The molecule has 0 fully saturated rings. The number of nitrogens with zero attached hydrogens (tertiary/aromatic N) is 1. The van der Waals surface area contributed by atoms with Gasteiger partial charge in [0.2, 0.25) is 0 Å². The summed E-state index contributed by atoms with van der Waals surface area (Å²) in [6.07, 6.45) is -0.890. The normalized spacial score (nSPS) is 15.9. The van der Waals surface area contributed by atoms with Crippen LogP contribution in [0.3, 0.4) is 0 Å². The van der Waals surface area contributed by atoms with E-state index in [-0.39, 0.29) is 4.90 Å².